The molecule has 0 unspecified atom stereocenters. The lowest BCUT2D eigenvalue weighted by molar-refractivity contribution is -0.139. The topological polar surface area (TPSA) is 99.4 Å². The maximum absolute atomic E-state index is 12.1. The van der Waals surface area contributed by atoms with Crippen LogP contribution in [-0.2, 0) is 14.3 Å². The number of halogens is 2. The third-order valence-electron chi connectivity index (χ3n) is 3.44. The second-order valence-corrected chi connectivity index (χ2v) is 7.78. The summed E-state index contributed by atoms with van der Waals surface area (Å²) in [5.41, 5.74) is 1.08. The molecular formula is C16H14Br2N2O4S. The number of nitrogens with one attached hydrogen (secondary N) is 1. The number of amides is 1. The lowest BCUT2D eigenvalue weighted by Crippen LogP contribution is -2.31. The molecule has 0 radical (unpaired) electrons. The fourth-order valence-corrected chi connectivity index (χ4v) is 4.43. The molecule has 1 aromatic rings. The number of rotatable bonds is 5. The van der Waals surface area contributed by atoms with Crippen molar-refractivity contribution in [2.45, 2.75) is 19.3 Å². The summed E-state index contributed by atoms with van der Waals surface area (Å²) < 4.78 is 5.78. The number of nitriles is 1. The van der Waals surface area contributed by atoms with Crippen molar-refractivity contribution in [1.82, 2.24) is 5.32 Å². The van der Waals surface area contributed by atoms with Crippen LogP contribution in [-0.4, -0.2) is 29.3 Å². The van der Waals surface area contributed by atoms with E-state index in [1.54, 1.807) is 19.1 Å². The van der Waals surface area contributed by atoms with Gasteiger partial charge in [-0.2, -0.15) is 5.26 Å². The van der Waals surface area contributed by atoms with Crippen LogP contribution >= 0.6 is 43.6 Å². The number of benzene rings is 1. The van der Waals surface area contributed by atoms with Crippen LogP contribution in [0.25, 0.3) is 0 Å². The third kappa shape index (κ3) is 4.77. The Labute approximate surface area is 165 Å². The minimum atomic E-state index is -0.461. The number of ether oxygens (including phenoxy) is 1. The SMILES string of the molecule is CCOC(=O)CSC1=C(C#N)[C@H](c2cc(Br)c(O)c(Br)c2)CC(=O)N1. The molecule has 9 heteroatoms. The molecule has 1 aliphatic heterocycles. The lowest BCUT2D eigenvalue weighted by Gasteiger charge is -2.25. The number of allylic oxidation sites excluding steroid dienone is 1. The number of aromatic hydroxyl groups is 1. The monoisotopic (exact) mass is 488 g/mol. The number of phenols is 1. The van der Waals surface area contributed by atoms with Crippen molar-refractivity contribution in [3.8, 4) is 11.8 Å². The van der Waals surface area contributed by atoms with E-state index in [1.165, 1.54) is 0 Å². The van der Waals surface area contributed by atoms with Crippen molar-refractivity contribution in [1.29, 1.82) is 5.26 Å². The first-order chi connectivity index (χ1) is 11.9. The number of phenolic OH excluding ortho intramolecular Hbond substituents is 1. The molecule has 0 saturated heterocycles. The average Bonchev–Trinajstić information content (AvgIpc) is 2.57. The number of carbonyl (C=O) groups excluding carboxylic acids is 2. The van der Waals surface area contributed by atoms with Crippen LogP contribution in [0.4, 0.5) is 0 Å². The van der Waals surface area contributed by atoms with E-state index in [9.17, 15) is 20.0 Å². The van der Waals surface area contributed by atoms with E-state index in [1.807, 2.05) is 0 Å². The summed E-state index contributed by atoms with van der Waals surface area (Å²) in [5.74, 6) is -1.07. The number of thioether (sulfide) groups is 1. The van der Waals surface area contributed by atoms with E-state index in [0.717, 1.165) is 11.8 Å². The zero-order valence-corrected chi connectivity index (χ0v) is 17.1. The van der Waals surface area contributed by atoms with Crippen LogP contribution in [0.5, 0.6) is 5.75 Å². The normalized spacial score (nSPS) is 17.0. The number of hydrogen-bond donors (Lipinski definition) is 2. The van der Waals surface area contributed by atoms with E-state index < -0.39 is 11.9 Å². The molecule has 25 heavy (non-hydrogen) atoms. The van der Waals surface area contributed by atoms with Crippen LogP contribution in [0.1, 0.15) is 24.8 Å². The minimum Gasteiger partial charge on any atom is -0.506 e. The van der Waals surface area contributed by atoms with Crippen molar-refractivity contribution < 1.29 is 19.4 Å². The zero-order chi connectivity index (χ0) is 18.6. The fourth-order valence-electron chi connectivity index (χ4n) is 2.34. The molecule has 6 nitrogen and oxygen atoms in total. The summed E-state index contributed by atoms with van der Waals surface area (Å²) in [6.45, 7) is 1.98. The predicted molar refractivity (Wildman–Crippen MR) is 101 cm³/mol. The van der Waals surface area contributed by atoms with Gasteiger partial charge in [-0.05, 0) is 56.5 Å². The van der Waals surface area contributed by atoms with E-state index in [0.29, 0.717) is 25.1 Å². The minimum absolute atomic E-state index is 0.00429. The van der Waals surface area contributed by atoms with Crippen molar-refractivity contribution in [3.05, 3.63) is 37.2 Å². The lowest BCUT2D eigenvalue weighted by atomic mass is 9.87. The molecule has 1 aromatic carbocycles. The Bertz CT molecular complexity index is 766. The highest BCUT2D eigenvalue weighted by Gasteiger charge is 2.30. The molecule has 0 fully saturated rings. The molecule has 0 bridgehead atoms. The Balaban J connectivity index is 2.37. The van der Waals surface area contributed by atoms with Crippen LogP contribution in [0.15, 0.2) is 31.7 Å². The van der Waals surface area contributed by atoms with Gasteiger partial charge >= 0.3 is 5.97 Å². The largest absolute Gasteiger partial charge is 0.506 e. The van der Waals surface area contributed by atoms with Crippen LogP contribution in [0.3, 0.4) is 0 Å². The van der Waals surface area contributed by atoms with Gasteiger partial charge in [-0.3, -0.25) is 9.59 Å². The second kappa shape index (κ2) is 8.74. The Morgan fingerprint density at radius 2 is 2.12 bits per heavy atom. The highest BCUT2D eigenvalue weighted by Crippen LogP contribution is 2.41. The molecule has 1 amide bonds. The Morgan fingerprint density at radius 3 is 2.68 bits per heavy atom. The molecule has 2 N–H and O–H groups in total. The van der Waals surface area contributed by atoms with Gasteiger partial charge in [-0.1, -0.05) is 11.8 Å². The van der Waals surface area contributed by atoms with Gasteiger partial charge < -0.3 is 15.2 Å². The smallest absolute Gasteiger partial charge is 0.316 e. The van der Waals surface area contributed by atoms with Crippen LogP contribution in [0.2, 0.25) is 0 Å². The first-order valence-corrected chi connectivity index (χ1v) is 9.85. The van der Waals surface area contributed by atoms with Gasteiger partial charge in [-0.15, -0.1) is 0 Å². The molecule has 1 atom stereocenters. The Hall–Kier alpha value is -1.50. The highest BCUT2D eigenvalue weighted by molar-refractivity contribution is 9.11. The van der Waals surface area contributed by atoms with Gasteiger partial charge in [0.25, 0.3) is 0 Å². The van der Waals surface area contributed by atoms with Gasteiger partial charge in [0.1, 0.15) is 5.75 Å². The molecule has 1 aliphatic rings. The molecular weight excluding hydrogens is 476 g/mol. The molecule has 0 aliphatic carbocycles. The molecule has 0 saturated carbocycles. The molecule has 1 heterocycles. The number of esters is 1. The standard InChI is InChI=1S/C16H14Br2N2O4S/c1-2-24-14(22)7-25-16-10(6-19)9(5-13(21)20-16)8-3-11(17)15(23)12(18)4-8/h3-4,9,23H,2,5,7H2,1H3,(H,20,21)/t9-/m0/s1. The van der Waals surface area contributed by atoms with Crippen LogP contribution in [0, 0.1) is 11.3 Å². The summed E-state index contributed by atoms with van der Waals surface area (Å²) in [6.07, 6.45) is 0.107. The fraction of sp³-hybridized carbons (Fsp3) is 0.312. The summed E-state index contributed by atoms with van der Waals surface area (Å²) in [6, 6.07) is 5.48. The maximum atomic E-state index is 12.1. The molecule has 132 valence electrons. The summed E-state index contributed by atoms with van der Waals surface area (Å²) in [4.78, 5) is 23.6. The van der Waals surface area contributed by atoms with Gasteiger partial charge in [-0.25, -0.2) is 0 Å². The van der Waals surface area contributed by atoms with Gasteiger partial charge in [0.2, 0.25) is 5.91 Å². The molecule has 0 aromatic heterocycles. The van der Waals surface area contributed by atoms with E-state index in [4.69, 9.17) is 4.74 Å². The molecule has 2 rings (SSSR count). The van der Waals surface area contributed by atoms with Crippen molar-refractivity contribution in [3.63, 3.8) is 0 Å². The van der Waals surface area contributed by atoms with Crippen LogP contribution < -0.4 is 5.32 Å². The number of hydrogen-bond acceptors (Lipinski definition) is 6. The average molecular weight is 490 g/mol. The summed E-state index contributed by atoms with van der Waals surface area (Å²) in [5, 5.41) is 22.4. The number of carbonyl (C=O) groups is 2. The van der Waals surface area contributed by atoms with Gasteiger partial charge in [0.05, 0.1) is 38.0 Å². The maximum Gasteiger partial charge on any atom is 0.316 e. The second-order valence-electron chi connectivity index (χ2n) is 5.09. The Kier molecular flexibility index (Phi) is 6.93. The quantitative estimate of drug-likeness (QED) is 0.613. The van der Waals surface area contributed by atoms with Crippen molar-refractivity contribution in [2.75, 3.05) is 12.4 Å². The zero-order valence-electron chi connectivity index (χ0n) is 13.1. The molecule has 0 spiro atoms. The van der Waals surface area contributed by atoms with Crippen molar-refractivity contribution in [2.24, 2.45) is 0 Å². The van der Waals surface area contributed by atoms with E-state index in [-0.39, 0.29) is 30.4 Å². The predicted octanol–water partition coefficient (Wildman–Crippen LogP) is 3.55. The van der Waals surface area contributed by atoms with Crippen molar-refractivity contribution >= 4 is 55.5 Å². The first-order valence-electron chi connectivity index (χ1n) is 7.27. The van der Waals surface area contributed by atoms with Gasteiger partial charge in [0, 0.05) is 12.3 Å². The number of nitrogens with zero attached hydrogens (tertiary/aromatic N) is 1. The third-order valence-corrected chi connectivity index (χ3v) is 5.64. The van der Waals surface area contributed by atoms with Gasteiger partial charge in [0.15, 0.2) is 0 Å². The first kappa shape index (κ1) is 19.8. The highest BCUT2D eigenvalue weighted by atomic mass is 79.9. The summed E-state index contributed by atoms with van der Waals surface area (Å²) in [7, 11) is 0. The van der Waals surface area contributed by atoms with E-state index in [2.05, 4.69) is 43.2 Å². The Morgan fingerprint density at radius 1 is 1.48 bits per heavy atom. The summed E-state index contributed by atoms with van der Waals surface area (Å²) >= 11 is 7.58. The van der Waals surface area contributed by atoms with E-state index >= 15 is 0 Å².